The van der Waals surface area contributed by atoms with Gasteiger partial charge in [0.05, 0.1) is 0 Å². The topological polar surface area (TPSA) is 0 Å². The average molecular weight is 130 g/mol. The lowest BCUT2D eigenvalue weighted by atomic mass is 10.2. The third-order valence-electron chi connectivity index (χ3n) is 0.941. The number of terminal acetylenes is 1. The Hall–Kier alpha value is -1.32. The Kier molecular flexibility index (Phi) is 6.67. The summed E-state index contributed by atoms with van der Waals surface area (Å²) in [6.45, 7) is 1.84. The van der Waals surface area contributed by atoms with Gasteiger partial charge in [-0.05, 0) is 25.2 Å². The first kappa shape index (κ1) is 8.68. The molecular formula is C10H10. The van der Waals surface area contributed by atoms with E-state index in [1.807, 2.05) is 6.92 Å². The van der Waals surface area contributed by atoms with Crippen molar-refractivity contribution >= 4 is 0 Å². The fraction of sp³-hybridized carbons (Fsp3) is 0.400. The summed E-state index contributed by atoms with van der Waals surface area (Å²) in [7, 11) is 0. The fourth-order valence-corrected chi connectivity index (χ4v) is 0.504. The molecule has 0 unspecified atom stereocenters. The van der Waals surface area contributed by atoms with Crippen LogP contribution in [0, 0.1) is 36.0 Å². The minimum absolute atomic E-state index is 0.860. The summed E-state index contributed by atoms with van der Waals surface area (Å²) in [6.07, 6.45) is 7.73. The Morgan fingerprint density at radius 2 is 1.90 bits per heavy atom. The Morgan fingerprint density at radius 1 is 1.20 bits per heavy atom. The maximum absolute atomic E-state index is 4.92. The van der Waals surface area contributed by atoms with Gasteiger partial charge in [0.15, 0.2) is 0 Å². The van der Waals surface area contributed by atoms with Crippen molar-refractivity contribution in [1.29, 1.82) is 0 Å². The maximum atomic E-state index is 4.92. The zero-order valence-corrected chi connectivity index (χ0v) is 6.20. The van der Waals surface area contributed by atoms with Crippen LogP contribution in [-0.2, 0) is 0 Å². The van der Waals surface area contributed by atoms with Gasteiger partial charge in [0.25, 0.3) is 0 Å². The molecule has 0 saturated carbocycles. The van der Waals surface area contributed by atoms with E-state index in [-0.39, 0.29) is 0 Å². The molecule has 10 heavy (non-hydrogen) atoms. The molecule has 0 spiro atoms. The molecular weight excluding hydrogens is 120 g/mol. The lowest BCUT2D eigenvalue weighted by Gasteiger charge is -1.81. The van der Waals surface area contributed by atoms with Gasteiger partial charge in [0.2, 0.25) is 0 Å². The maximum Gasteiger partial charge on any atom is 0.0108 e. The van der Waals surface area contributed by atoms with E-state index in [0.717, 1.165) is 19.3 Å². The summed E-state index contributed by atoms with van der Waals surface area (Å²) in [5.74, 6) is 13.4. The zero-order chi connectivity index (χ0) is 7.66. The molecule has 0 bridgehead atoms. The van der Waals surface area contributed by atoms with E-state index in [4.69, 9.17) is 6.42 Å². The van der Waals surface area contributed by atoms with E-state index in [2.05, 4.69) is 29.6 Å². The minimum atomic E-state index is 0.860. The van der Waals surface area contributed by atoms with Crippen molar-refractivity contribution in [2.45, 2.75) is 26.2 Å². The van der Waals surface area contributed by atoms with E-state index in [0.29, 0.717) is 0 Å². The number of rotatable bonds is 2. The molecule has 0 fully saturated rings. The van der Waals surface area contributed by atoms with Crippen LogP contribution in [0.15, 0.2) is 0 Å². The zero-order valence-electron chi connectivity index (χ0n) is 6.20. The molecule has 50 valence electrons. The van der Waals surface area contributed by atoms with Gasteiger partial charge in [0.1, 0.15) is 0 Å². The number of hydrogen-bond donors (Lipinski definition) is 0. The molecule has 0 aromatic carbocycles. The minimum Gasteiger partial charge on any atom is -0.107 e. The molecule has 0 aromatic rings. The molecule has 0 radical (unpaired) electrons. The SMILES string of the molecule is C#CC#CCCCC#CC. The molecule has 0 aliphatic heterocycles. The summed E-state index contributed by atoms with van der Waals surface area (Å²) in [5, 5.41) is 0. The van der Waals surface area contributed by atoms with Gasteiger partial charge in [-0.25, -0.2) is 0 Å². The van der Waals surface area contributed by atoms with Gasteiger partial charge in [-0.2, -0.15) is 0 Å². The van der Waals surface area contributed by atoms with Crippen LogP contribution >= 0.6 is 0 Å². The highest BCUT2D eigenvalue weighted by atomic mass is 13.8. The second-order valence-corrected chi connectivity index (χ2v) is 1.73. The normalized spacial score (nSPS) is 6.00. The third-order valence-corrected chi connectivity index (χ3v) is 0.941. The molecule has 0 atom stereocenters. The van der Waals surface area contributed by atoms with Crippen LogP contribution in [-0.4, -0.2) is 0 Å². The second kappa shape index (κ2) is 7.68. The van der Waals surface area contributed by atoms with Crippen molar-refractivity contribution in [3.8, 4) is 36.0 Å². The largest absolute Gasteiger partial charge is 0.107 e. The van der Waals surface area contributed by atoms with E-state index in [9.17, 15) is 0 Å². The van der Waals surface area contributed by atoms with Gasteiger partial charge in [-0.15, -0.1) is 18.3 Å². The smallest absolute Gasteiger partial charge is 0.0108 e. The van der Waals surface area contributed by atoms with Gasteiger partial charge in [-0.3, -0.25) is 0 Å². The Morgan fingerprint density at radius 3 is 2.50 bits per heavy atom. The highest BCUT2D eigenvalue weighted by molar-refractivity contribution is 5.21. The van der Waals surface area contributed by atoms with Crippen LogP contribution in [0.3, 0.4) is 0 Å². The van der Waals surface area contributed by atoms with Crippen molar-refractivity contribution < 1.29 is 0 Å². The highest BCUT2D eigenvalue weighted by Gasteiger charge is 1.76. The van der Waals surface area contributed by atoms with Crippen LogP contribution < -0.4 is 0 Å². The van der Waals surface area contributed by atoms with Gasteiger partial charge >= 0.3 is 0 Å². The molecule has 0 aliphatic carbocycles. The first-order valence-corrected chi connectivity index (χ1v) is 3.25. The summed E-state index contributed by atoms with van der Waals surface area (Å²) in [4.78, 5) is 0. The Bertz CT molecular complexity index is 219. The fourth-order valence-electron chi connectivity index (χ4n) is 0.504. The van der Waals surface area contributed by atoms with Crippen LogP contribution in [0.1, 0.15) is 26.2 Å². The van der Waals surface area contributed by atoms with Crippen molar-refractivity contribution in [2.24, 2.45) is 0 Å². The van der Waals surface area contributed by atoms with Gasteiger partial charge in [0, 0.05) is 12.8 Å². The van der Waals surface area contributed by atoms with Crippen molar-refractivity contribution in [3.05, 3.63) is 0 Å². The molecule has 0 heterocycles. The van der Waals surface area contributed by atoms with Crippen LogP contribution in [0.4, 0.5) is 0 Å². The lowest BCUT2D eigenvalue weighted by molar-refractivity contribution is 0.903. The quantitative estimate of drug-likeness (QED) is 0.395. The van der Waals surface area contributed by atoms with E-state index < -0.39 is 0 Å². The monoisotopic (exact) mass is 130 g/mol. The van der Waals surface area contributed by atoms with Gasteiger partial charge in [-0.1, -0.05) is 5.92 Å². The molecule has 0 aliphatic rings. The summed E-state index contributed by atoms with van der Waals surface area (Å²) >= 11 is 0. The molecule has 0 N–H and O–H groups in total. The first-order valence-electron chi connectivity index (χ1n) is 3.25. The highest BCUT2D eigenvalue weighted by Crippen LogP contribution is 1.90. The molecule has 0 saturated heterocycles. The Labute approximate surface area is 63.0 Å². The van der Waals surface area contributed by atoms with Crippen LogP contribution in [0.5, 0.6) is 0 Å². The standard InChI is InChI=1S/C10H10/c1-3-5-7-9-10-8-6-4-2/h1H,8-10H2,2H3. The number of hydrogen-bond acceptors (Lipinski definition) is 0. The van der Waals surface area contributed by atoms with E-state index in [1.54, 1.807) is 0 Å². The number of unbranched alkanes of at least 4 members (excludes halogenated alkanes) is 2. The summed E-state index contributed by atoms with van der Waals surface area (Å²) in [6, 6.07) is 0. The molecule has 0 nitrogen and oxygen atoms in total. The van der Waals surface area contributed by atoms with Gasteiger partial charge < -0.3 is 0 Å². The molecule has 0 rings (SSSR count). The first-order chi connectivity index (χ1) is 4.91. The van der Waals surface area contributed by atoms with Crippen molar-refractivity contribution in [1.82, 2.24) is 0 Å². The second-order valence-electron chi connectivity index (χ2n) is 1.73. The van der Waals surface area contributed by atoms with E-state index in [1.165, 1.54) is 0 Å². The average Bonchev–Trinajstić information content (AvgIpc) is 1.97. The molecule has 0 heteroatoms. The Balaban J connectivity index is 3.20. The molecule has 0 aromatic heterocycles. The third kappa shape index (κ3) is 6.68. The predicted octanol–water partition coefficient (Wildman–Crippen LogP) is 1.82. The van der Waals surface area contributed by atoms with Crippen molar-refractivity contribution in [2.75, 3.05) is 0 Å². The van der Waals surface area contributed by atoms with Crippen LogP contribution in [0.25, 0.3) is 0 Å². The van der Waals surface area contributed by atoms with E-state index >= 15 is 0 Å². The summed E-state index contributed by atoms with van der Waals surface area (Å²) in [5.41, 5.74) is 0. The predicted molar refractivity (Wildman–Crippen MR) is 43.9 cm³/mol. The molecule has 0 amide bonds. The van der Waals surface area contributed by atoms with Crippen LogP contribution in [0.2, 0.25) is 0 Å². The van der Waals surface area contributed by atoms with Crippen molar-refractivity contribution in [3.63, 3.8) is 0 Å². The lowest BCUT2D eigenvalue weighted by Crippen LogP contribution is -1.68. The summed E-state index contributed by atoms with van der Waals surface area (Å²) < 4.78 is 0.